The number of fused-ring (bicyclic) bond motifs is 14. The van der Waals surface area contributed by atoms with Crippen LogP contribution in [-0.4, -0.2) is 17.9 Å². The zero-order valence-corrected chi connectivity index (χ0v) is 35.4. The van der Waals surface area contributed by atoms with Crippen LogP contribution in [0.5, 0.6) is 0 Å². The minimum absolute atomic E-state index is 0.133. The maximum atomic E-state index is 9.68. The van der Waals surface area contributed by atoms with Crippen LogP contribution in [0.25, 0.3) is 109 Å². The van der Waals surface area contributed by atoms with Gasteiger partial charge in [-0.3, -0.25) is 0 Å². The van der Waals surface area contributed by atoms with Gasteiger partial charge in [0.05, 0.1) is 67.4 Å². The minimum Gasteiger partial charge on any atom is -0.312 e. The monoisotopic (exact) mass is 796 g/mol. The summed E-state index contributed by atoms with van der Waals surface area (Å²) in [6, 6.07) is 52.7. The molecule has 0 aliphatic carbocycles. The number of nitrogens with zero attached hydrogens (tertiary/aromatic N) is 6. The van der Waals surface area contributed by atoms with Crippen molar-refractivity contribution >= 4 is 98.0 Å². The Morgan fingerprint density at radius 2 is 0.790 bits per heavy atom. The van der Waals surface area contributed by atoms with Gasteiger partial charge < -0.3 is 17.9 Å². The molecule has 6 heterocycles. The largest absolute Gasteiger partial charge is 0.312 e. The predicted molar refractivity (Wildman–Crippen MR) is 256 cm³/mol. The molecule has 0 aliphatic rings. The molecule has 13 rings (SSSR count). The summed E-state index contributed by atoms with van der Waals surface area (Å²) < 4.78 is 9.90. The molecule has 0 aliphatic heterocycles. The van der Waals surface area contributed by atoms with Crippen LogP contribution in [-0.2, 0) is 10.8 Å². The second kappa shape index (κ2) is 11.5. The molecule has 0 spiro atoms. The number of hydrogen-bond donors (Lipinski definition) is 0. The molecular formula is C56H40N6. The lowest BCUT2D eigenvalue weighted by Gasteiger charge is -2.19. The highest BCUT2D eigenvalue weighted by atomic mass is 15.0. The SMILES string of the molecule is CC(C)(C)c1cc2cc3c(c4ccccc4n3-c3ccc(C#N)cc3)c3c4cc5c6c7c8ccccc8n(-c8ccc(C#N)cc8)c7cc7cc(C(C)(C)C)n(c5cc4n1c23)c76. The molecule has 6 heteroatoms. The smallest absolute Gasteiger partial charge is 0.0991 e. The molecule has 0 fully saturated rings. The summed E-state index contributed by atoms with van der Waals surface area (Å²) in [7, 11) is 0. The second-order valence-electron chi connectivity index (χ2n) is 19.3. The van der Waals surface area contributed by atoms with Crippen molar-refractivity contribution in [1.82, 2.24) is 17.9 Å². The van der Waals surface area contributed by atoms with Crippen LogP contribution < -0.4 is 0 Å². The summed E-state index contributed by atoms with van der Waals surface area (Å²) in [6.07, 6.45) is 0. The van der Waals surface area contributed by atoms with E-state index in [4.69, 9.17) is 0 Å². The lowest BCUT2D eigenvalue weighted by molar-refractivity contribution is 0.567. The molecule has 6 aromatic heterocycles. The zero-order valence-electron chi connectivity index (χ0n) is 35.4. The average molecular weight is 797 g/mol. The maximum absolute atomic E-state index is 9.68. The van der Waals surface area contributed by atoms with Gasteiger partial charge >= 0.3 is 0 Å². The summed E-state index contributed by atoms with van der Waals surface area (Å²) in [6.45, 7) is 13.9. The van der Waals surface area contributed by atoms with E-state index in [1.54, 1.807) is 0 Å². The second-order valence-corrected chi connectivity index (χ2v) is 19.3. The van der Waals surface area contributed by atoms with E-state index in [9.17, 15) is 10.5 Å². The Morgan fingerprint density at radius 3 is 1.18 bits per heavy atom. The number of rotatable bonds is 2. The Kier molecular flexibility index (Phi) is 6.50. The molecule has 0 amide bonds. The van der Waals surface area contributed by atoms with Gasteiger partial charge in [-0.25, -0.2) is 0 Å². The van der Waals surface area contributed by atoms with Crippen molar-refractivity contribution in [2.75, 3.05) is 0 Å². The minimum atomic E-state index is -0.133. The standard InChI is InChI=1S/C56H40N6/c1-55(2,3)47-25-33-23-45-49(37-11-7-9-13-41(37)59(45)35-19-15-31(29-57)16-20-35)51-39-27-40-44(28-43(39)61(47)53(33)51)62-48(56(4,5)6)26-34-24-46-50(52(40)54(34)62)38-12-8-10-14-42(38)60(46)36-21-17-32(30-58)18-22-36/h7-28H,1-6H3. The highest BCUT2D eigenvalue weighted by Gasteiger charge is 2.31. The summed E-state index contributed by atoms with van der Waals surface area (Å²) in [4.78, 5) is 0. The van der Waals surface area contributed by atoms with E-state index in [0.717, 1.165) is 33.4 Å². The Balaban J connectivity index is 1.27. The molecule has 0 saturated carbocycles. The van der Waals surface area contributed by atoms with Gasteiger partial charge in [-0.05, 0) is 97.1 Å². The molecule has 7 aromatic carbocycles. The van der Waals surface area contributed by atoms with E-state index in [-0.39, 0.29) is 10.8 Å². The highest BCUT2D eigenvalue weighted by molar-refractivity contribution is 6.37. The quantitative estimate of drug-likeness (QED) is 0.175. The van der Waals surface area contributed by atoms with Gasteiger partial charge in [0.2, 0.25) is 0 Å². The Labute approximate surface area is 356 Å². The first-order chi connectivity index (χ1) is 29.9. The third kappa shape index (κ3) is 4.31. The number of para-hydroxylation sites is 2. The van der Waals surface area contributed by atoms with Crippen LogP contribution in [0.1, 0.15) is 64.1 Å². The molecule has 0 saturated heterocycles. The first-order valence-corrected chi connectivity index (χ1v) is 21.4. The molecule has 62 heavy (non-hydrogen) atoms. The molecule has 0 bridgehead atoms. The average Bonchev–Trinajstić information content (AvgIpc) is 4.11. The maximum Gasteiger partial charge on any atom is 0.0991 e. The van der Waals surface area contributed by atoms with Gasteiger partial charge in [0.25, 0.3) is 0 Å². The third-order valence-electron chi connectivity index (χ3n) is 13.6. The van der Waals surface area contributed by atoms with Gasteiger partial charge in [-0.2, -0.15) is 10.5 Å². The fourth-order valence-electron chi connectivity index (χ4n) is 11.0. The number of hydrogen-bond acceptors (Lipinski definition) is 2. The third-order valence-corrected chi connectivity index (χ3v) is 13.6. The fraction of sp³-hybridized carbons (Fsp3) is 0.143. The van der Waals surface area contributed by atoms with Crippen molar-refractivity contribution < 1.29 is 0 Å². The van der Waals surface area contributed by atoms with Gasteiger partial charge in [-0.1, -0.05) is 77.9 Å². The first kappa shape index (κ1) is 35.0. The Bertz CT molecular complexity index is 3890. The van der Waals surface area contributed by atoms with Crippen LogP contribution in [0, 0.1) is 22.7 Å². The van der Waals surface area contributed by atoms with Gasteiger partial charge in [0, 0.05) is 87.5 Å². The van der Waals surface area contributed by atoms with E-state index in [0.29, 0.717) is 11.1 Å². The molecule has 0 radical (unpaired) electrons. The topological polar surface area (TPSA) is 66.3 Å². The van der Waals surface area contributed by atoms with Gasteiger partial charge in [-0.15, -0.1) is 0 Å². The van der Waals surface area contributed by atoms with Crippen molar-refractivity contribution in [2.45, 2.75) is 52.4 Å². The summed E-state index contributed by atoms with van der Waals surface area (Å²) >= 11 is 0. The molecular weight excluding hydrogens is 757 g/mol. The van der Waals surface area contributed by atoms with Crippen LogP contribution in [0.2, 0.25) is 0 Å². The summed E-state index contributed by atoms with van der Waals surface area (Å²) in [5.74, 6) is 0. The van der Waals surface area contributed by atoms with Crippen LogP contribution >= 0.6 is 0 Å². The van der Waals surface area contributed by atoms with E-state index < -0.39 is 0 Å². The lowest BCUT2D eigenvalue weighted by Crippen LogP contribution is -2.14. The Morgan fingerprint density at radius 1 is 0.387 bits per heavy atom. The Hall–Kier alpha value is -7.80. The number of benzene rings is 7. The van der Waals surface area contributed by atoms with Crippen molar-refractivity contribution in [3.63, 3.8) is 0 Å². The molecule has 13 aromatic rings. The highest BCUT2D eigenvalue weighted by Crippen LogP contribution is 2.51. The van der Waals surface area contributed by atoms with Crippen molar-refractivity contribution in [3.8, 4) is 23.5 Å². The molecule has 0 atom stereocenters. The normalized spacial score (nSPS) is 13.0. The van der Waals surface area contributed by atoms with Gasteiger partial charge in [0.15, 0.2) is 0 Å². The molecule has 0 N–H and O–H groups in total. The van der Waals surface area contributed by atoms with E-state index >= 15 is 0 Å². The lowest BCUT2D eigenvalue weighted by atomic mass is 9.91. The summed E-state index contributed by atoms with van der Waals surface area (Å²) in [5.41, 5.74) is 15.2. The first-order valence-electron chi connectivity index (χ1n) is 21.4. The summed E-state index contributed by atoms with van der Waals surface area (Å²) in [5, 5.41) is 31.7. The van der Waals surface area contributed by atoms with Crippen LogP contribution in [0.15, 0.2) is 133 Å². The van der Waals surface area contributed by atoms with E-state index in [2.05, 4.69) is 181 Å². The van der Waals surface area contributed by atoms with Crippen LogP contribution in [0.3, 0.4) is 0 Å². The van der Waals surface area contributed by atoms with Crippen molar-refractivity contribution in [1.29, 1.82) is 10.5 Å². The fourth-order valence-corrected chi connectivity index (χ4v) is 11.0. The molecule has 6 nitrogen and oxygen atoms in total. The predicted octanol–water partition coefficient (Wildman–Crippen LogP) is 14.2. The number of nitriles is 2. The molecule has 0 unspecified atom stereocenters. The van der Waals surface area contributed by atoms with Gasteiger partial charge in [0.1, 0.15) is 0 Å². The number of aromatic nitrogens is 4. The van der Waals surface area contributed by atoms with E-state index in [1.807, 2.05) is 24.3 Å². The zero-order chi connectivity index (χ0) is 42.1. The van der Waals surface area contributed by atoms with Crippen molar-refractivity contribution in [2.24, 2.45) is 0 Å². The molecule has 294 valence electrons. The van der Waals surface area contributed by atoms with Crippen molar-refractivity contribution in [3.05, 3.63) is 156 Å². The van der Waals surface area contributed by atoms with Crippen LogP contribution in [0.4, 0.5) is 0 Å². The van der Waals surface area contributed by atoms with E-state index in [1.165, 1.54) is 87.3 Å².